The second-order valence-corrected chi connectivity index (χ2v) is 8.91. The van der Waals surface area contributed by atoms with Crippen LogP contribution in [0.1, 0.15) is 43.8 Å². The van der Waals surface area contributed by atoms with E-state index in [2.05, 4.69) is 24.0 Å². The standard InChI is InChI=1S/C22H27N3O4S/c1-15-7-9-26-10-11-27-14-20-23-13-19(30-20)22-17-12-16(29-15)5-6-18(17)25(24-22)21-4-2-3-8-28-21/h5-6,12-13,15,21H,2-4,7-11,14H2,1H3/t15-,21?/m1/s1. The van der Waals surface area contributed by atoms with Gasteiger partial charge >= 0.3 is 0 Å². The lowest BCUT2D eigenvalue weighted by molar-refractivity contribution is -0.0365. The number of rotatable bonds is 1. The van der Waals surface area contributed by atoms with E-state index < -0.39 is 0 Å². The van der Waals surface area contributed by atoms with Crippen molar-refractivity contribution in [3.8, 4) is 16.3 Å². The molecule has 1 fully saturated rings. The second-order valence-electron chi connectivity index (χ2n) is 7.79. The Balaban J connectivity index is 1.57. The molecule has 1 unspecified atom stereocenters. The van der Waals surface area contributed by atoms with Gasteiger partial charge in [-0.1, -0.05) is 0 Å². The number of ether oxygens (including phenoxy) is 4. The SMILES string of the molecule is C[C@@H]1CCOCCOCc2ncc(s2)-c2nn(C3CCCCO3)c3ccc(cc23)O1. The van der Waals surface area contributed by atoms with E-state index in [4.69, 9.17) is 24.0 Å². The van der Waals surface area contributed by atoms with E-state index in [0.29, 0.717) is 26.4 Å². The van der Waals surface area contributed by atoms with Gasteiger partial charge in [-0.05, 0) is 44.4 Å². The molecular weight excluding hydrogens is 402 g/mol. The van der Waals surface area contributed by atoms with Gasteiger partial charge < -0.3 is 18.9 Å². The lowest BCUT2D eigenvalue weighted by Gasteiger charge is -2.23. The Morgan fingerprint density at radius 3 is 2.90 bits per heavy atom. The second kappa shape index (κ2) is 9.01. The Kier molecular flexibility index (Phi) is 5.99. The van der Waals surface area contributed by atoms with Crippen molar-refractivity contribution in [3.63, 3.8) is 0 Å². The lowest BCUT2D eigenvalue weighted by atomic mass is 10.1. The molecule has 0 N–H and O–H groups in total. The topological polar surface area (TPSA) is 67.6 Å². The van der Waals surface area contributed by atoms with Crippen LogP contribution in [-0.4, -0.2) is 47.3 Å². The van der Waals surface area contributed by atoms with Crippen LogP contribution in [0.15, 0.2) is 24.4 Å². The summed E-state index contributed by atoms with van der Waals surface area (Å²) in [7, 11) is 0. The summed E-state index contributed by atoms with van der Waals surface area (Å²) in [6, 6.07) is 6.21. The van der Waals surface area contributed by atoms with Crippen LogP contribution in [0.3, 0.4) is 0 Å². The molecular formula is C22H27N3O4S. The normalized spacial score (nSPS) is 23.5. The fraction of sp³-hybridized carbons (Fsp3) is 0.545. The maximum Gasteiger partial charge on any atom is 0.150 e. The molecule has 0 saturated carbocycles. The maximum absolute atomic E-state index is 6.18. The zero-order valence-electron chi connectivity index (χ0n) is 17.2. The van der Waals surface area contributed by atoms with Gasteiger partial charge in [0.05, 0.1) is 42.9 Å². The van der Waals surface area contributed by atoms with Crippen molar-refractivity contribution in [1.29, 1.82) is 0 Å². The average molecular weight is 430 g/mol. The van der Waals surface area contributed by atoms with Gasteiger partial charge in [0, 0.05) is 24.6 Å². The van der Waals surface area contributed by atoms with Gasteiger partial charge in [0.1, 0.15) is 16.5 Å². The molecule has 1 aromatic carbocycles. The molecule has 3 aromatic rings. The largest absolute Gasteiger partial charge is 0.491 e. The first-order valence-corrected chi connectivity index (χ1v) is 11.5. The highest BCUT2D eigenvalue weighted by Gasteiger charge is 2.23. The lowest BCUT2D eigenvalue weighted by Crippen LogP contribution is -2.19. The summed E-state index contributed by atoms with van der Waals surface area (Å²) in [6.07, 6.45) is 6.00. The molecule has 0 amide bonds. The van der Waals surface area contributed by atoms with Crippen molar-refractivity contribution in [2.45, 2.75) is 51.5 Å². The zero-order chi connectivity index (χ0) is 20.3. The zero-order valence-corrected chi connectivity index (χ0v) is 18.0. The van der Waals surface area contributed by atoms with Crippen LogP contribution in [0.2, 0.25) is 0 Å². The third-order valence-corrected chi connectivity index (χ3v) is 6.47. The third kappa shape index (κ3) is 4.23. The molecule has 4 heterocycles. The van der Waals surface area contributed by atoms with Crippen molar-refractivity contribution in [2.24, 2.45) is 0 Å². The molecule has 0 aliphatic carbocycles. The molecule has 5 rings (SSSR count). The number of fused-ring (bicyclic) bond motifs is 4. The fourth-order valence-corrected chi connectivity index (χ4v) is 4.77. The predicted octanol–water partition coefficient (Wildman–Crippen LogP) is 4.56. The van der Waals surface area contributed by atoms with Crippen molar-refractivity contribution in [3.05, 3.63) is 29.4 Å². The Labute approximate surface area is 179 Å². The molecule has 0 radical (unpaired) electrons. The monoisotopic (exact) mass is 429 g/mol. The summed E-state index contributed by atoms with van der Waals surface area (Å²) in [6.45, 7) is 5.13. The van der Waals surface area contributed by atoms with Crippen LogP contribution in [0.5, 0.6) is 5.75 Å². The smallest absolute Gasteiger partial charge is 0.150 e. The highest BCUT2D eigenvalue weighted by molar-refractivity contribution is 7.15. The van der Waals surface area contributed by atoms with Crippen LogP contribution in [0.4, 0.5) is 0 Å². The number of benzene rings is 1. The number of thiazole rings is 1. The number of hydrogen-bond acceptors (Lipinski definition) is 7. The molecule has 30 heavy (non-hydrogen) atoms. The van der Waals surface area contributed by atoms with E-state index >= 15 is 0 Å². The molecule has 2 atom stereocenters. The number of nitrogens with zero attached hydrogens (tertiary/aromatic N) is 3. The minimum atomic E-state index is -0.0253. The van der Waals surface area contributed by atoms with Crippen LogP contribution in [-0.2, 0) is 20.8 Å². The van der Waals surface area contributed by atoms with Gasteiger partial charge in [-0.25, -0.2) is 9.67 Å². The minimum absolute atomic E-state index is 0.0253. The first-order chi connectivity index (χ1) is 14.8. The van der Waals surface area contributed by atoms with Crippen LogP contribution in [0, 0.1) is 0 Å². The predicted molar refractivity (Wildman–Crippen MR) is 115 cm³/mol. The van der Waals surface area contributed by atoms with Crippen LogP contribution in [0.25, 0.3) is 21.5 Å². The highest BCUT2D eigenvalue weighted by atomic mass is 32.1. The van der Waals surface area contributed by atoms with E-state index in [1.807, 2.05) is 16.9 Å². The Morgan fingerprint density at radius 1 is 1.07 bits per heavy atom. The molecule has 160 valence electrons. The van der Waals surface area contributed by atoms with Gasteiger partial charge in [-0.15, -0.1) is 11.3 Å². The third-order valence-electron chi connectivity index (χ3n) is 5.50. The average Bonchev–Trinajstić information content (AvgIpc) is 3.37. The van der Waals surface area contributed by atoms with E-state index in [9.17, 15) is 0 Å². The van der Waals surface area contributed by atoms with Gasteiger partial charge in [-0.3, -0.25) is 0 Å². The van der Waals surface area contributed by atoms with Crippen molar-refractivity contribution >= 4 is 22.2 Å². The van der Waals surface area contributed by atoms with E-state index in [1.54, 1.807) is 11.3 Å². The Hall–Kier alpha value is -2.00. The highest BCUT2D eigenvalue weighted by Crippen LogP contribution is 2.37. The molecule has 8 heteroatoms. The summed E-state index contributed by atoms with van der Waals surface area (Å²) >= 11 is 1.62. The molecule has 2 aliphatic heterocycles. The summed E-state index contributed by atoms with van der Waals surface area (Å²) in [4.78, 5) is 5.58. The fourth-order valence-electron chi connectivity index (χ4n) is 3.92. The minimum Gasteiger partial charge on any atom is -0.491 e. The van der Waals surface area contributed by atoms with Crippen LogP contribution >= 0.6 is 11.3 Å². The van der Waals surface area contributed by atoms with E-state index in [0.717, 1.165) is 64.5 Å². The molecule has 7 nitrogen and oxygen atoms in total. The summed E-state index contributed by atoms with van der Waals surface area (Å²) in [5.41, 5.74) is 1.99. The van der Waals surface area contributed by atoms with E-state index in [1.165, 1.54) is 0 Å². The van der Waals surface area contributed by atoms with Crippen molar-refractivity contribution < 1.29 is 18.9 Å². The van der Waals surface area contributed by atoms with Gasteiger partial charge in [-0.2, -0.15) is 5.10 Å². The first kappa shape index (κ1) is 19.9. The maximum atomic E-state index is 6.18. The van der Waals surface area contributed by atoms with Crippen molar-refractivity contribution in [1.82, 2.24) is 14.8 Å². The summed E-state index contributed by atoms with van der Waals surface area (Å²) in [5, 5.41) is 6.99. The molecule has 2 aromatic heterocycles. The Morgan fingerprint density at radius 2 is 2.00 bits per heavy atom. The first-order valence-electron chi connectivity index (χ1n) is 10.7. The Bertz CT molecular complexity index is 996. The summed E-state index contributed by atoms with van der Waals surface area (Å²) in [5.74, 6) is 0.848. The molecule has 2 aliphatic rings. The molecule has 1 saturated heterocycles. The number of aromatic nitrogens is 3. The molecule has 4 bridgehead atoms. The van der Waals surface area contributed by atoms with Gasteiger partial charge in [0.25, 0.3) is 0 Å². The van der Waals surface area contributed by atoms with Gasteiger partial charge in [0.2, 0.25) is 0 Å². The van der Waals surface area contributed by atoms with Crippen LogP contribution < -0.4 is 4.74 Å². The summed E-state index contributed by atoms with van der Waals surface area (Å²) < 4.78 is 25.6. The molecule has 0 spiro atoms. The quantitative estimate of drug-likeness (QED) is 0.565. The van der Waals surface area contributed by atoms with Gasteiger partial charge in [0.15, 0.2) is 6.23 Å². The van der Waals surface area contributed by atoms with Crippen molar-refractivity contribution in [2.75, 3.05) is 26.4 Å². The van der Waals surface area contributed by atoms with E-state index in [-0.39, 0.29) is 12.3 Å². The number of hydrogen-bond donors (Lipinski definition) is 0.